The van der Waals surface area contributed by atoms with E-state index in [9.17, 15) is 18.0 Å². The number of anilines is 1. The molecule has 1 amide bonds. The van der Waals surface area contributed by atoms with E-state index in [4.69, 9.17) is 16.3 Å². The lowest BCUT2D eigenvalue weighted by atomic mass is 9.97. The Bertz CT molecular complexity index is 1070. The van der Waals surface area contributed by atoms with Crippen LogP contribution in [0.2, 0.25) is 5.02 Å². The van der Waals surface area contributed by atoms with E-state index in [-0.39, 0.29) is 29.5 Å². The van der Waals surface area contributed by atoms with Crippen LogP contribution in [0.1, 0.15) is 39.4 Å². The minimum Gasteiger partial charge on any atom is -0.497 e. The molecule has 11 heteroatoms. The first-order valence-corrected chi connectivity index (χ1v) is 10.6. The molecule has 0 radical (unpaired) electrons. The third-order valence-electron chi connectivity index (χ3n) is 5.03. The molecule has 2 atom stereocenters. The van der Waals surface area contributed by atoms with Crippen LogP contribution in [0.3, 0.4) is 0 Å². The van der Waals surface area contributed by atoms with Gasteiger partial charge in [-0.2, -0.15) is 18.3 Å². The molecule has 6 nitrogen and oxygen atoms in total. The fourth-order valence-electron chi connectivity index (χ4n) is 3.45. The lowest BCUT2D eigenvalue weighted by molar-refractivity contribution is -0.173. The summed E-state index contributed by atoms with van der Waals surface area (Å²) < 4.78 is 47.4. The second-order valence-electron chi connectivity index (χ2n) is 6.98. The van der Waals surface area contributed by atoms with Gasteiger partial charge in [-0.05, 0) is 29.1 Å². The molecule has 1 aliphatic heterocycles. The number of carbonyl (C=O) groups excluding carboxylic acids is 1. The Morgan fingerprint density at radius 1 is 1.35 bits per heavy atom. The predicted molar refractivity (Wildman–Crippen MR) is 112 cm³/mol. The van der Waals surface area contributed by atoms with Crippen molar-refractivity contribution in [2.75, 3.05) is 12.4 Å². The third kappa shape index (κ3) is 4.35. The van der Waals surface area contributed by atoms with E-state index in [1.54, 1.807) is 24.3 Å². The number of nitrogens with one attached hydrogen (secondary N) is 2. The van der Waals surface area contributed by atoms with Crippen LogP contribution < -0.4 is 15.4 Å². The number of methoxy groups -OCH3 is 1. The van der Waals surface area contributed by atoms with Crippen LogP contribution >= 0.6 is 22.9 Å². The Hall–Kier alpha value is -2.72. The van der Waals surface area contributed by atoms with Crippen LogP contribution in [0.5, 0.6) is 5.75 Å². The van der Waals surface area contributed by atoms with Gasteiger partial charge in [0.2, 0.25) is 0 Å². The molecule has 2 N–H and O–H groups in total. The minimum absolute atomic E-state index is 0.0302. The van der Waals surface area contributed by atoms with Crippen molar-refractivity contribution in [3.63, 3.8) is 0 Å². The summed E-state index contributed by atoms with van der Waals surface area (Å²) in [4.78, 5) is 13.5. The highest BCUT2D eigenvalue weighted by atomic mass is 35.5. The molecule has 0 spiro atoms. The lowest BCUT2D eigenvalue weighted by Crippen LogP contribution is -2.35. The number of carbonyl (C=O) groups is 1. The Balaban J connectivity index is 1.64. The summed E-state index contributed by atoms with van der Waals surface area (Å²) in [7, 11) is 1.51. The molecule has 3 heterocycles. The number of benzene rings is 1. The molecule has 164 valence electrons. The fraction of sp³-hybridized carbons (Fsp3) is 0.300. The van der Waals surface area contributed by atoms with Crippen molar-refractivity contribution in [3.8, 4) is 5.75 Å². The number of hydrogen-bond donors (Lipinski definition) is 2. The molecule has 4 rings (SSSR count). The topological polar surface area (TPSA) is 68.2 Å². The van der Waals surface area contributed by atoms with Gasteiger partial charge in [0.05, 0.1) is 19.7 Å². The first kappa shape index (κ1) is 21.5. The van der Waals surface area contributed by atoms with Crippen molar-refractivity contribution in [1.29, 1.82) is 0 Å². The Labute approximate surface area is 185 Å². The standard InChI is InChI=1S/C20H18ClF3N4O2S/c1-30-12-6-4-11(5-7-12)14-9-15(20(22,23)24)28-18(26-14)16(21)17(27-28)19(29)25-10-13-3-2-8-31-13/h2-8,14-15,26H,9-10H2,1H3,(H,25,29)/t14-,15-/m1/s1. The van der Waals surface area contributed by atoms with E-state index in [2.05, 4.69) is 15.7 Å². The summed E-state index contributed by atoms with van der Waals surface area (Å²) in [6.45, 7) is 0.236. The zero-order valence-corrected chi connectivity index (χ0v) is 17.8. The van der Waals surface area contributed by atoms with E-state index < -0.39 is 24.2 Å². The van der Waals surface area contributed by atoms with Gasteiger partial charge in [-0.25, -0.2) is 4.68 Å². The maximum Gasteiger partial charge on any atom is 0.410 e. The smallest absolute Gasteiger partial charge is 0.410 e. The Morgan fingerprint density at radius 3 is 2.71 bits per heavy atom. The summed E-state index contributed by atoms with van der Waals surface area (Å²) in [5.74, 6) is -0.0685. The highest BCUT2D eigenvalue weighted by molar-refractivity contribution is 7.09. The molecule has 0 unspecified atom stereocenters. The number of fused-ring (bicyclic) bond motifs is 1. The second kappa shape index (κ2) is 8.43. The molecule has 1 aliphatic rings. The average Bonchev–Trinajstić information content (AvgIpc) is 3.39. The van der Waals surface area contributed by atoms with Crippen molar-refractivity contribution in [3.05, 3.63) is 62.9 Å². The van der Waals surface area contributed by atoms with Crippen molar-refractivity contribution >= 4 is 34.7 Å². The molecule has 0 saturated carbocycles. The van der Waals surface area contributed by atoms with Crippen LogP contribution in [-0.4, -0.2) is 29.0 Å². The number of ether oxygens (including phenoxy) is 1. The first-order chi connectivity index (χ1) is 14.8. The molecule has 0 aliphatic carbocycles. The third-order valence-corrected chi connectivity index (χ3v) is 6.27. The Morgan fingerprint density at radius 2 is 2.10 bits per heavy atom. The van der Waals surface area contributed by atoms with Gasteiger partial charge in [0.1, 0.15) is 16.6 Å². The molecule has 0 saturated heterocycles. The van der Waals surface area contributed by atoms with Crippen LogP contribution in [0.25, 0.3) is 0 Å². The summed E-state index contributed by atoms with van der Waals surface area (Å²) in [6, 6.07) is 7.83. The number of amides is 1. The first-order valence-electron chi connectivity index (χ1n) is 9.33. The highest BCUT2D eigenvalue weighted by Crippen LogP contribution is 2.46. The second-order valence-corrected chi connectivity index (χ2v) is 8.39. The van der Waals surface area contributed by atoms with E-state index in [0.717, 1.165) is 9.56 Å². The fourth-order valence-corrected chi connectivity index (χ4v) is 4.36. The van der Waals surface area contributed by atoms with Crippen molar-refractivity contribution < 1.29 is 22.7 Å². The molecule has 2 aromatic heterocycles. The van der Waals surface area contributed by atoms with Gasteiger partial charge >= 0.3 is 6.18 Å². The quantitative estimate of drug-likeness (QED) is 0.538. The van der Waals surface area contributed by atoms with Gasteiger partial charge in [-0.15, -0.1) is 11.3 Å². The monoisotopic (exact) mass is 470 g/mol. The molecule has 3 aromatic rings. The Kier molecular flexibility index (Phi) is 5.85. The largest absolute Gasteiger partial charge is 0.497 e. The number of alkyl halides is 3. The lowest BCUT2D eigenvalue weighted by Gasteiger charge is -2.33. The van der Waals surface area contributed by atoms with Gasteiger partial charge < -0.3 is 15.4 Å². The summed E-state index contributed by atoms with van der Waals surface area (Å²) in [5, 5.41) is 11.3. The van der Waals surface area contributed by atoms with Gasteiger partial charge in [-0.1, -0.05) is 29.8 Å². The molecule has 0 bridgehead atoms. The summed E-state index contributed by atoms with van der Waals surface area (Å²) in [5.41, 5.74) is 0.396. The molecule has 0 fully saturated rings. The van der Waals surface area contributed by atoms with Gasteiger partial charge in [0.15, 0.2) is 11.7 Å². The molecule has 1 aromatic carbocycles. The van der Waals surface area contributed by atoms with Crippen LogP contribution in [0, 0.1) is 0 Å². The van der Waals surface area contributed by atoms with Crippen molar-refractivity contribution in [2.24, 2.45) is 0 Å². The van der Waals surface area contributed by atoms with Gasteiger partial charge in [-0.3, -0.25) is 4.79 Å². The molecule has 31 heavy (non-hydrogen) atoms. The maximum absolute atomic E-state index is 13.9. The number of aromatic nitrogens is 2. The van der Waals surface area contributed by atoms with Gasteiger partial charge in [0.25, 0.3) is 5.91 Å². The van der Waals surface area contributed by atoms with Crippen molar-refractivity contribution in [1.82, 2.24) is 15.1 Å². The number of nitrogens with zero attached hydrogens (tertiary/aromatic N) is 2. The van der Waals surface area contributed by atoms with E-state index >= 15 is 0 Å². The zero-order valence-electron chi connectivity index (χ0n) is 16.2. The summed E-state index contributed by atoms with van der Waals surface area (Å²) >= 11 is 7.77. The number of thiophene rings is 1. The average molecular weight is 471 g/mol. The van der Waals surface area contributed by atoms with Crippen LogP contribution in [0.15, 0.2) is 41.8 Å². The van der Waals surface area contributed by atoms with Crippen molar-refractivity contribution in [2.45, 2.75) is 31.2 Å². The van der Waals surface area contributed by atoms with E-state index in [1.807, 2.05) is 17.5 Å². The number of rotatable bonds is 5. The highest BCUT2D eigenvalue weighted by Gasteiger charge is 2.47. The number of halogens is 4. The minimum atomic E-state index is -4.57. The van der Waals surface area contributed by atoms with E-state index in [1.165, 1.54) is 18.4 Å². The molecular weight excluding hydrogens is 453 g/mol. The van der Waals surface area contributed by atoms with Crippen LogP contribution in [-0.2, 0) is 6.54 Å². The SMILES string of the molecule is COc1ccc([C@H]2C[C@H](C(F)(F)F)n3nc(C(=O)NCc4cccs4)c(Cl)c3N2)cc1. The number of hydrogen-bond acceptors (Lipinski definition) is 5. The molecular formula is C20H18ClF3N4O2S. The zero-order chi connectivity index (χ0) is 22.2. The normalized spacial score (nSPS) is 18.2. The summed E-state index contributed by atoms with van der Waals surface area (Å²) in [6.07, 6.45) is -4.86. The maximum atomic E-state index is 13.9. The van der Waals surface area contributed by atoms with Gasteiger partial charge in [0, 0.05) is 11.3 Å². The van der Waals surface area contributed by atoms with E-state index in [0.29, 0.717) is 11.3 Å². The van der Waals surface area contributed by atoms with Crippen LogP contribution in [0.4, 0.5) is 19.0 Å². The predicted octanol–water partition coefficient (Wildman–Crippen LogP) is 5.20.